The highest BCUT2D eigenvalue weighted by Gasteiger charge is 2.25. The van der Waals surface area contributed by atoms with E-state index in [1.165, 1.54) is 21.9 Å². The van der Waals surface area contributed by atoms with Crippen molar-refractivity contribution in [1.82, 2.24) is 15.2 Å². The maximum atomic E-state index is 4.85. The summed E-state index contributed by atoms with van der Waals surface area (Å²) in [6.07, 6.45) is 5.19. The molecule has 1 atom stereocenters. The summed E-state index contributed by atoms with van der Waals surface area (Å²) in [5.41, 5.74) is 1.44. The SMILES string of the molecule is CCNC(=NCCc1ncc(CC)s1)N1CCC(c2ccccc2)C1.I. The summed E-state index contributed by atoms with van der Waals surface area (Å²) in [4.78, 5) is 13.1. The van der Waals surface area contributed by atoms with Gasteiger partial charge in [0.1, 0.15) is 0 Å². The van der Waals surface area contributed by atoms with Crippen LogP contribution in [0.4, 0.5) is 0 Å². The number of hydrogen-bond donors (Lipinski definition) is 1. The van der Waals surface area contributed by atoms with Gasteiger partial charge < -0.3 is 10.2 Å². The predicted octanol–water partition coefficient (Wildman–Crippen LogP) is 4.32. The van der Waals surface area contributed by atoms with Gasteiger partial charge in [-0.1, -0.05) is 37.3 Å². The lowest BCUT2D eigenvalue weighted by molar-refractivity contribution is 0.486. The van der Waals surface area contributed by atoms with Gasteiger partial charge in [-0.3, -0.25) is 4.99 Å². The number of thiazole rings is 1. The molecule has 1 N–H and O–H groups in total. The Labute approximate surface area is 178 Å². The summed E-state index contributed by atoms with van der Waals surface area (Å²) in [6, 6.07) is 10.8. The number of likely N-dealkylation sites (tertiary alicyclic amines) is 1. The van der Waals surface area contributed by atoms with E-state index < -0.39 is 0 Å². The maximum Gasteiger partial charge on any atom is 0.193 e. The fraction of sp³-hybridized carbons (Fsp3) is 0.500. The number of aryl methyl sites for hydroxylation is 1. The van der Waals surface area contributed by atoms with E-state index in [1.54, 1.807) is 0 Å². The summed E-state index contributed by atoms with van der Waals surface area (Å²) in [5.74, 6) is 1.66. The highest BCUT2D eigenvalue weighted by Crippen LogP contribution is 2.26. The Bertz CT molecular complexity index is 686. The standard InChI is InChI=1S/C20H28N4S.HI/c1-3-18-14-23-19(25-18)10-12-22-20(21-4-2)24-13-11-17(15-24)16-8-6-5-7-9-16;/h5-9,14,17H,3-4,10-13,15H2,1-2H3,(H,21,22);1H. The fourth-order valence-corrected chi connectivity index (χ4v) is 4.11. The highest BCUT2D eigenvalue weighted by atomic mass is 127. The van der Waals surface area contributed by atoms with E-state index in [0.717, 1.165) is 45.0 Å². The number of nitrogens with one attached hydrogen (secondary N) is 1. The topological polar surface area (TPSA) is 40.5 Å². The minimum Gasteiger partial charge on any atom is -0.357 e. The molecule has 0 radical (unpaired) electrons. The normalized spacial score (nSPS) is 17.2. The zero-order valence-corrected chi connectivity index (χ0v) is 18.8. The summed E-state index contributed by atoms with van der Waals surface area (Å²) >= 11 is 1.81. The Kier molecular flexibility index (Phi) is 8.84. The molecule has 1 unspecified atom stereocenters. The van der Waals surface area contributed by atoms with Crippen molar-refractivity contribution in [2.24, 2.45) is 4.99 Å². The molecule has 0 spiro atoms. The van der Waals surface area contributed by atoms with Crippen LogP contribution in [-0.4, -0.2) is 42.0 Å². The van der Waals surface area contributed by atoms with Crippen LogP contribution in [-0.2, 0) is 12.8 Å². The third kappa shape index (κ3) is 5.67. The molecule has 1 aliphatic heterocycles. The molecule has 1 aliphatic rings. The second-order valence-corrected chi connectivity index (χ2v) is 7.60. The molecule has 1 aromatic heterocycles. The van der Waals surface area contributed by atoms with Crippen LogP contribution in [0.25, 0.3) is 0 Å². The lowest BCUT2D eigenvalue weighted by atomic mass is 9.99. The van der Waals surface area contributed by atoms with Crippen molar-refractivity contribution >= 4 is 41.3 Å². The van der Waals surface area contributed by atoms with Crippen LogP contribution in [0.3, 0.4) is 0 Å². The van der Waals surface area contributed by atoms with Gasteiger partial charge in [0.05, 0.1) is 5.01 Å². The van der Waals surface area contributed by atoms with Gasteiger partial charge in [0.15, 0.2) is 5.96 Å². The minimum absolute atomic E-state index is 0. The van der Waals surface area contributed by atoms with Crippen LogP contribution >= 0.6 is 35.3 Å². The van der Waals surface area contributed by atoms with E-state index in [-0.39, 0.29) is 24.0 Å². The smallest absolute Gasteiger partial charge is 0.193 e. The number of rotatable bonds is 6. The molecule has 26 heavy (non-hydrogen) atoms. The van der Waals surface area contributed by atoms with Crippen molar-refractivity contribution in [3.8, 4) is 0 Å². The van der Waals surface area contributed by atoms with Crippen LogP contribution in [0.15, 0.2) is 41.5 Å². The van der Waals surface area contributed by atoms with Gasteiger partial charge in [-0.25, -0.2) is 4.98 Å². The number of hydrogen-bond acceptors (Lipinski definition) is 3. The third-order valence-electron chi connectivity index (χ3n) is 4.63. The van der Waals surface area contributed by atoms with Gasteiger partial charge in [-0.05, 0) is 25.3 Å². The van der Waals surface area contributed by atoms with Gasteiger partial charge in [-0.15, -0.1) is 35.3 Å². The Morgan fingerprint density at radius 2 is 2.12 bits per heavy atom. The predicted molar refractivity (Wildman–Crippen MR) is 122 cm³/mol. The van der Waals surface area contributed by atoms with Crippen molar-refractivity contribution in [2.45, 2.75) is 39.0 Å². The monoisotopic (exact) mass is 484 g/mol. The molecule has 1 fully saturated rings. The Balaban J connectivity index is 0.00000243. The van der Waals surface area contributed by atoms with Gasteiger partial charge in [0.2, 0.25) is 0 Å². The maximum absolute atomic E-state index is 4.85. The second kappa shape index (κ2) is 10.9. The largest absolute Gasteiger partial charge is 0.357 e. The second-order valence-electron chi connectivity index (χ2n) is 6.40. The fourth-order valence-electron chi connectivity index (χ4n) is 3.26. The third-order valence-corrected chi connectivity index (χ3v) is 5.83. The van der Waals surface area contributed by atoms with E-state index in [2.05, 4.69) is 59.4 Å². The van der Waals surface area contributed by atoms with Gasteiger partial charge in [-0.2, -0.15) is 0 Å². The molecule has 2 aromatic rings. The van der Waals surface area contributed by atoms with Crippen LogP contribution in [0, 0.1) is 0 Å². The number of guanidine groups is 1. The first-order valence-electron chi connectivity index (χ1n) is 9.32. The molecule has 1 aromatic carbocycles. The molecule has 6 heteroatoms. The number of benzene rings is 1. The average Bonchev–Trinajstić information content (AvgIpc) is 3.31. The molecule has 3 rings (SSSR count). The average molecular weight is 484 g/mol. The molecule has 2 heterocycles. The first-order chi connectivity index (χ1) is 12.3. The van der Waals surface area contributed by atoms with Crippen LogP contribution in [0.5, 0.6) is 0 Å². The van der Waals surface area contributed by atoms with Crippen LogP contribution in [0.2, 0.25) is 0 Å². The first-order valence-corrected chi connectivity index (χ1v) is 10.1. The minimum atomic E-state index is 0. The summed E-state index contributed by atoms with van der Waals surface area (Å²) in [6.45, 7) is 8.13. The molecule has 0 amide bonds. The van der Waals surface area contributed by atoms with Crippen molar-refractivity contribution in [1.29, 1.82) is 0 Å². The van der Waals surface area contributed by atoms with Gasteiger partial charge in [0, 0.05) is 49.6 Å². The van der Waals surface area contributed by atoms with Crippen molar-refractivity contribution in [2.75, 3.05) is 26.2 Å². The molecular weight excluding hydrogens is 455 g/mol. The Morgan fingerprint density at radius 3 is 2.81 bits per heavy atom. The van der Waals surface area contributed by atoms with Crippen LogP contribution < -0.4 is 5.32 Å². The number of aliphatic imine (C=N–C) groups is 1. The van der Waals surface area contributed by atoms with Crippen molar-refractivity contribution in [3.05, 3.63) is 52.0 Å². The first kappa shape index (κ1) is 21.2. The van der Waals surface area contributed by atoms with E-state index >= 15 is 0 Å². The van der Waals surface area contributed by atoms with Crippen molar-refractivity contribution < 1.29 is 0 Å². The van der Waals surface area contributed by atoms with E-state index in [1.807, 2.05) is 17.5 Å². The molecule has 4 nitrogen and oxygen atoms in total. The number of halogens is 1. The van der Waals surface area contributed by atoms with Gasteiger partial charge in [0.25, 0.3) is 0 Å². The Hall–Kier alpha value is -1.15. The van der Waals surface area contributed by atoms with Gasteiger partial charge >= 0.3 is 0 Å². The summed E-state index contributed by atoms with van der Waals surface area (Å²) < 4.78 is 0. The summed E-state index contributed by atoms with van der Waals surface area (Å²) in [7, 11) is 0. The quantitative estimate of drug-likeness (QED) is 0.377. The molecule has 142 valence electrons. The number of aromatic nitrogens is 1. The molecule has 1 saturated heterocycles. The van der Waals surface area contributed by atoms with E-state index in [9.17, 15) is 0 Å². The number of nitrogens with zero attached hydrogens (tertiary/aromatic N) is 3. The summed E-state index contributed by atoms with van der Waals surface area (Å²) in [5, 5.41) is 4.65. The molecular formula is C20H29IN4S. The zero-order chi connectivity index (χ0) is 17.5. The van der Waals surface area contributed by atoms with Crippen molar-refractivity contribution in [3.63, 3.8) is 0 Å². The van der Waals surface area contributed by atoms with Crippen LogP contribution in [0.1, 0.15) is 41.6 Å². The zero-order valence-electron chi connectivity index (χ0n) is 15.6. The molecule has 0 aliphatic carbocycles. The molecule has 0 bridgehead atoms. The Morgan fingerprint density at radius 1 is 1.31 bits per heavy atom. The molecule has 0 saturated carbocycles. The van der Waals surface area contributed by atoms with E-state index in [0.29, 0.717) is 5.92 Å². The lowest BCUT2D eigenvalue weighted by Gasteiger charge is -2.21. The highest BCUT2D eigenvalue weighted by molar-refractivity contribution is 14.0. The van der Waals surface area contributed by atoms with E-state index in [4.69, 9.17) is 4.99 Å². The lowest BCUT2D eigenvalue weighted by Crippen LogP contribution is -2.40.